The fourth-order valence-electron chi connectivity index (χ4n) is 2.89. The molecule has 0 fully saturated rings. The lowest BCUT2D eigenvalue weighted by Crippen LogP contribution is -2.47. The third-order valence-electron chi connectivity index (χ3n) is 4.02. The number of hydroxylamine groups is 2. The van der Waals surface area contributed by atoms with Crippen molar-refractivity contribution in [3.8, 4) is 0 Å². The lowest BCUT2D eigenvalue weighted by atomic mass is 9.96. The van der Waals surface area contributed by atoms with E-state index < -0.39 is 10.6 Å². The second-order valence-corrected chi connectivity index (χ2v) is 6.09. The van der Waals surface area contributed by atoms with Crippen molar-refractivity contribution in [3.05, 3.63) is 69.9 Å². The van der Waals surface area contributed by atoms with Gasteiger partial charge in [-0.05, 0) is 23.8 Å². The molecule has 0 bridgehead atoms. The van der Waals surface area contributed by atoms with Gasteiger partial charge in [0.2, 0.25) is 0 Å². The van der Waals surface area contributed by atoms with Crippen molar-refractivity contribution in [1.82, 2.24) is 4.65 Å². The van der Waals surface area contributed by atoms with Gasteiger partial charge in [0.25, 0.3) is 0 Å². The molecule has 118 valence electrons. The zero-order valence-electron chi connectivity index (χ0n) is 12.4. The largest absolute Gasteiger partial charge is 0.627 e. The van der Waals surface area contributed by atoms with Gasteiger partial charge in [-0.2, -0.15) is 0 Å². The maximum absolute atomic E-state index is 13.4. The fraction of sp³-hybridized carbons (Fsp3) is 0.167. The smallest absolute Gasteiger partial charge is 0.309 e. The Hall–Kier alpha value is -2.14. The number of hydrogen-bond acceptors (Lipinski definition) is 2. The number of carboxylic acids is 1. The van der Waals surface area contributed by atoms with Crippen LogP contribution in [0.4, 0.5) is 5.69 Å². The van der Waals surface area contributed by atoms with Crippen LogP contribution in [-0.2, 0) is 4.79 Å². The van der Waals surface area contributed by atoms with Gasteiger partial charge in [-0.25, -0.2) is 0 Å². The molecule has 5 heteroatoms. The molecule has 1 aliphatic rings. The van der Waals surface area contributed by atoms with Gasteiger partial charge >= 0.3 is 5.97 Å². The van der Waals surface area contributed by atoms with Crippen LogP contribution in [0.1, 0.15) is 17.5 Å². The van der Waals surface area contributed by atoms with Crippen LogP contribution in [0.2, 0.25) is 5.02 Å². The average molecular weight is 330 g/mol. The van der Waals surface area contributed by atoms with E-state index in [1.807, 2.05) is 42.5 Å². The Morgan fingerprint density at radius 3 is 2.65 bits per heavy atom. The monoisotopic (exact) mass is 329 g/mol. The average Bonchev–Trinajstić information content (AvgIpc) is 2.54. The van der Waals surface area contributed by atoms with Crippen LogP contribution in [0.3, 0.4) is 0 Å². The van der Waals surface area contributed by atoms with Gasteiger partial charge in [-0.15, -0.1) is 0 Å². The summed E-state index contributed by atoms with van der Waals surface area (Å²) in [6, 6.07) is 14.9. The Balaban J connectivity index is 2.07. The Morgan fingerprint density at radius 1 is 1.22 bits per heavy atom. The van der Waals surface area contributed by atoms with Crippen LogP contribution >= 0.6 is 11.6 Å². The van der Waals surface area contributed by atoms with E-state index >= 15 is 0 Å². The molecule has 0 radical (unpaired) electrons. The van der Waals surface area contributed by atoms with Gasteiger partial charge in [0.1, 0.15) is 12.2 Å². The molecular formula is C18H16ClNO3. The van der Waals surface area contributed by atoms with E-state index in [0.717, 1.165) is 16.7 Å². The molecule has 3 rings (SSSR count). The van der Waals surface area contributed by atoms with E-state index in [-0.39, 0.29) is 19.5 Å². The van der Waals surface area contributed by atoms with Crippen molar-refractivity contribution in [2.75, 3.05) is 13.1 Å². The number of aliphatic carboxylic acids is 1. The molecule has 2 aromatic carbocycles. The Kier molecular flexibility index (Phi) is 4.22. The molecule has 1 aliphatic heterocycles. The Morgan fingerprint density at radius 2 is 1.96 bits per heavy atom. The SMILES string of the molecule is O=C(O)CC[N+]1([O-])CC(c2ccccc2)=Cc2ccc(Cl)cc21. The highest BCUT2D eigenvalue weighted by Crippen LogP contribution is 2.39. The summed E-state index contributed by atoms with van der Waals surface area (Å²) in [5, 5.41) is 22.8. The first-order chi connectivity index (χ1) is 11.0. The molecule has 0 aliphatic carbocycles. The number of hydrogen-bond donors (Lipinski definition) is 1. The molecular weight excluding hydrogens is 314 g/mol. The van der Waals surface area contributed by atoms with Gasteiger partial charge in [-0.3, -0.25) is 4.79 Å². The summed E-state index contributed by atoms with van der Waals surface area (Å²) in [7, 11) is 0. The second-order valence-electron chi connectivity index (χ2n) is 5.65. The van der Waals surface area contributed by atoms with E-state index in [9.17, 15) is 10.0 Å². The molecule has 0 saturated heterocycles. The summed E-state index contributed by atoms with van der Waals surface area (Å²) >= 11 is 6.03. The van der Waals surface area contributed by atoms with Crippen LogP contribution < -0.4 is 4.65 Å². The molecule has 0 aromatic heterocycles. The summed E-state index contributed by atoms with van der Waals surface area (Å²) in [5.41, 5.74) is 3.20. The minimum Gasteiger partial charge on any atom is -0.627 e. The zero-order chi connectivity index (χ0) is 16.4. The highest BCUT2D eigenvalue weighted by atomic mass is 35.5. The number of fused-ring (bicyclic) bond motifs is 1. The van der Waals surface area contributed by atoms with Gasteiger partial charge in [-0.1, -0.05) is 41.9 Å². The molecule has 4 nitrogen and oxygen atoms in total. The number of nitrogens with zero attached hydrogens (tertiary/aromatic N) is 1. The van der Waals surface area contributed by atoms with E-state index in [4.69, 9.17) is 16.7 Å². The van der Waals surface area contributed by atoms with Crippen molar-refractivity contribution in [1.29, 1.82) is 0 Å². The molecule has 0 saturated carbocycles. The topological polar surface area (TPSA) is 60.4 Å². The number of carboxylic acid groups (broad SMARTS) is 1. The lowest BCUT2D eigenvalue weighted by molar-refractivity contribution is -0.137. The summed E-state index contributed by atoms with van der Waals surface area (Å²) in [6.07, 6.45) is 1.80. The normalized spacial score (nSPS) is 19.8. The fourth-order valence-corrected chi connectivity index (χ4v) is 3.05. The third kappa shape index (κ3) is 3.29. The second kappa shape index (κ2) is 6.16. The zero-order valence-corrected chi connectivity index (χ0v) is 13.2. The summed E-state index contributed by atoms with van der Waals surface area (Å²) < 4.78 is -0.705. The Labute approximate surface area is 139 Å². The van der Waals surface area contributed by atoms with Crippen LogP contribution in [0, 0.1) is 5.21 Å². The number of carbonyl (C=O) groups is 1. The lowest BCUT2D eigenvalue weighted by Gasteiger charge is -2.45. The van der Waals surface area contributed by atoms with Crippen molar-refractivity contribution in [3.63, 3.8) is 0 Å². The number of halogens is 1. The van der Waals surface area contributed by atoms with Gasteiger partial charge in [0, 0.05) is 22.2 Å². The van der Waals surface area contributed by atoms with Crippen molar-refractivity contribution in [2.45, 2.75) is 6.42 Å². The van der Waals surface area contributed by atoms with Crippen molar-refractivity contribution in [2.24, 2.45) is 0 Å². The molecule has 1 atom stereocenters. The van der Waals surface area contributed by atoms with E-state index in [0.29, 0.717) is 10.7 Å². The maximum atomic E-state index is 13.4. The number of quaternary nitrogens is 1. The molecule has 0 amide bonds. The van der Waals surface area contributed by atoms with Crippen molar-refractivity contribution >= 4 is 34.9 Å². The van der Waals surface area contributed by atoms with Crippen LogP contribution in [-0.4, -0.2) is 24.2 Å². The van der Waals surface area contributed by atoms with Gasteiger partial charge < -0.3 is 15.0 Å². The van der Waals surface area contributed by atoms with E-state index in [1.165, 1.54) is 0 Å². The quantitative estimate of drug-likeness (QED) is 0.676. The standard InChI is InChI=1S/C18H16ClNO3/c19-16-7-6-14-10-15(13-4-2-1-3-5-13)12-20(23,17(14)11-16)9-8-18(21)22/h1-7,10-11H,8-9,12H2,(H,21,22). The highest BCUT2D eigenvalue weighted by molar-refractivity contribution is 6.31. The van der Waals surface area contributed by atoms with Crippen LogP contribution in [0.15, 0.2) is 48.5 Å². The van der Waals surface area contributed by atoms with E-state index in [2.05, 4.69) is 0 Å². The molecule has 23 heavy (non-hydrogen) atoms. The van der Waals surface area contributed by atoms with Gasteiger partial charge in [0.05, 0.1) is 13.0 Å². The molecule has 1 N–H and O–H groups in total. The summed E-state index contributed by atoms with van der Waals surface area (Å²) in [6.45, 7) is 0.178. The van der Waals surface area contributed by atoms with Crippen LogP contribution in [0.5, 0.6) is 0 Å². The van der Waals surface area contributed by atoms with Gasteiger partial charge in [0.15, 0.2) is 0 Å². The maximum Gasteiger partial charge on any atom is 0.309 e. The Bertz CT molecular complexity index is 773. The van der Waals surface area contributed by atoms with Crippen LogP contribution in [0.25, 0.3) is 11.6 Å². The first-order valence-electron chi connectivity index (χ1n) is 7.34. The summed E-state index contributed by atoms with van der Waals surface area (Å²) in [4.78, 5) is 10.9. The first-order valence-corrected chi connectivity index (χ1v) is 7.72. The molecule has 1 heterocycles. The molecule has 1 unspecified atom stereocenters. The molecule has 0 spiro atoms. The predicted octanol–water partition coefficient (Wildman–Crippen LogP) is 4.17. The molecule has 2 aromatic rings. The predicted molar refractivity (Wildman–Crippen MR) is 92.9 cm³/mol. The first kappa shape index (κ1) is 15.7. The number of benzene rings is 2. The highest BCUT2D eigenvalue weighted by Gasteiger charge is 2.30. The summed E-state index contributed by atoms with van der Waals surface area (Å²) in [5.74, 6) is -0.974. The van der Waals surface area contributed by atoms with Crippen molar-refractivity contribution < 1.29 is 9.90 Å². The third-order valence-corrected chi connectivity index (χ3v) is 4.25. The minimum absolute atomic E-state index is 0.0210. The van der Waals surface area contributed by atoms with E-state index in [1.54, 1.807) is 12.1 Å². The number of rotatable bonds is 4. The minimum atomic E-state index is -0.974.